The van der Waals surface area contributed by atoms with Crippen LogP contribution in [-0.2, 0) is 9.53 Å². The van der Waals surface area contributed by atoms with Crippen LogP contribution in [-0.4, -0.2) is 25.7 Å². The van der Waals surface area contributed by atoms with E-state index in [4.69, 9.17) is 22.1 Å². The van der Waals surface area contributed by atoms with Crippen LogP contribution in [0.5, 0.6) is 0 Å². The number of amides is 1. The predicted molar refractivity (Wildman–Crippen MR) is 84.3 cm³/mol. The quantitative estimate of drug-likeness (QED) is 0.846. The number of carbonyl (C=O) groups excluding carboxylic acids is 1. The highest BCUT2D eigenvalue weighted by atomic mass is 35.5. The van der Waals surface area contributed by atoms with Crippen LogP contribution in [0.15, 0.2) is 24.3 Å². The summed E-state index contributed by atoms with van der Waals surface area (Å²) in [5, 5.41) is 3.64. The second-order valence-electron chi connectivity index (χ2n) is 4.74. The van der Waals surface area contributed by atoms with Crippen molar-refractivity contribution in [2.45, 2.75) is 26.0 Å². The molecule has 114 valence electrons. The van der Waals surface area contributed by atoms with E-state index in [1.807, 2.05) is 38.1 Å². The second-order valence-corrected chi connectivity index (χ2v) is 5.18. The minimum atomic E-state index is -0.617. The van der Waals surface area contributed by atoms with Crippen molar-refractivity contribution in [1.82, 2.24) is 5.32 Å². The number of methoxy groups -OCH3 is 1. The summed E-state index contributed by atoms with van der Waals surface area (Å²) in [7, 11) is 1.48. The predicted octanol–water partition coefficient (Wildman–Crippen LogP) is 2.55. The van der Waals surface area contributed by atoms with Gasteiger partial charge in [0.05, 0.1) is 6.04 Å². The van der Waals surface area contributed by atoms with Crippen molar-refractivity contribution < 1.29 is 9.53 Å². The Morgan fingerprint density at radius 2 is 1.90 bits per heavy atom. The Morgan fingerprint density at radius 1 is 1.35 bits per heavy atom. The first-order valence-corrected chi connectivity index (χ1v) is 6.66. The molecule has 0 saturated carbocycles. The molecule has 0 saturated heterocycles. The molecule has 2 atom stereocenters. The maximum absolute atomic E-state index is 12.0. The minimum Gasteiger partial charge on any atom is -0.370 e. The van der Waals surface area contributed by atoms with Crippen molar-refractivity contribution in [2.24, 2.45) is 11.7 Å². The van der Waals surface area contributed by atoms with Crippen LogP contribution in [0.3, 0.4) is 0 Å². The zero-order chi connectivity index (χ0) is 14.4. The second kappa shape index (κ2) is 9.19. The van der Waals surface area contributed by atoms with E-state index in [0.29, 0.717) is 5.02 Å². The van der Waals surface area contributed by atoms with E-state index in [9.17, 15) is 4.79 Å². The average molecular weight is 321 g/mol. The zero-order valence-corrected chi connectivity index (χ0v) is 13.5. The first-order valence-electron chi connectivity index (χ1n) is 6.28. The number of nitrogens with two attached hydrogens (primary N) is 1. The number of hydrogen-bond acceptors (Lipinski definition) is 3. The molecule has 0 fully saturated rings. The molecular formula is C14H22Cl2N2O2. The standard InChI is InChI=1S/C14H21ClN2O2.ClH/c1-9(2)13(10-4-6-11(15)7-5-10)17-14(18)12(8-16)19-3;/h4-7,9,12-13H,8,16H2,1-3H3,(H,17,18);1H. The van der Waals surface area contributed by atoms with Crippen LogP contribution in [0.2, 0.25) is 5.02 Å². The van der Waals surface area contributed by atoms with E-state index in [1.165, 1.54) is 7.11 Å². The van der Waals surface area contributed by atoms with Gasteiger partial charge in [0.25, 0.3) is 5.91 Å². The van der Waals surface area contributed by atoms with Gasteiger partial charge in [-0.15, -0.1) is 12.4 Å². The van der Waals surface area contributed by atoms with Crippen LogP contribution < -0.4 is 11.1 Å². The molecule has 1 rings (SSSR count). The van der Waals surface area contributed by atoms with Gasteiger partial charge in [0.1, 0.15) is 6.10 Å². The summed E-state index contributed by atoms with van der Waals surface area (Å²) in [5.74, 6) is 0.0547. The molecule has 0 aliphatic heterocycles. The summed E-state index contributed by atoms with van der Waals surface area (Å²) in [6.07, 6.45) is -0.617. The fourth-order valence-corrected chi connectivity index (χ4v) is 1.99. The number of nitrogens with one attached hydrogen (secondary N) is 1. The van der Waals surface area contributed by atoms with Gasteiger partial charge in [-0.1, -0.05) is 37.6 Å². The molecule has 0 aromatic heterocycles. The lowest BCUT2D eigenvalue weighted by Crippen LogP contribution is -2.43. The van der Waals surface area contributed by atoms with Gasteiger partial charge >= 0.3 is 0 Å². The SMILES string of the molecule is COC(CN)C(=O)NC(c1ccc(Cl)cc1)C(C)C.Cl. The molecule has 0 bridgehead atoms. The normalized spacial score (nSPS) is 13.5. The summed E-state index contributed by atoms with van der Waals surface area (Å²) in [6, 6.07) is 7.37. The Labute approximate surface area is 131 Å². The number of ether oxygens (including phenoxy) is 1. The summed E-state index contributed by atoms with van der Waals surface area (Å²) in [4.78, 5) is 12.0. The van der Waals surface area contributed by atoms with Gasteiger partial charge < -0.3 is 15.8 Å². The number of benzene rings is 1. The molecule has 1 aromatic carbocycles. The first kappa shape index (κ1) is 19.2. The van der Waals surface area contributed by atoms with Gasteiger partial charge in [0, 0.05) is 18.7 Å². The molecule has 0 heterocycles. The van der Waals surface area contributed by atoms with E-state index < -0.39 is 6.10 Å². The van der Waals surface area contributed by atoms with Crippen LogP contribution in [0.4, 0.5) is 0 Å². The monoisotopic (exact) mass is 320 g/mol. The van der Waals surface area contributed by atoms with Crippen LogP contribution in [0.1, 0.15) is 25.5 Å². The molecule has 4 nitrogen and oxygen atoms in total. The number of hydrogen-bond donors (Lipinski definition) is 2. The lowest BCUT2D eigenvalue weighted by atomic mass is 9.96. The summed E-state index contributed by atoms with van der Waals surface area (Å²) in [5.41, 5.74) is 6.50. The van der Waals surface area contributed by atoms with E-state index in [-0.39, 0.29) is 36.8 Å². The van der Waals surface area contributed by atoms with Crippen molar-refractivity contribution in [1.29, 1.82) is 0 Å². The van der Waals surface area contributed by atoms with Crippen molar-refractivity contribution in [3.8, 4) is 0 Å². The van der Waals surface area contributed by atoms with E-state index in [2.05, 4.69) is 5.32 Å². The highest BCUT2D eigenvalue weighted by molar-refractivity contribution is 6.30. The molecule has 0 radical (unpaired) electrons. The van der Waals surface area contributed by atoms with E-state index in [1.54, 1.807) is 0 Å². The Balaban J connectivity index is 0.00000361. The average Bonchev–Trinajstić information content (AvgIpc) is 2.38. The van der Waals surface area contributed by atoms with Crippen molar-refractivity contribution in [2.75, 3.05) is 13.7 Å². The first-order chi connectivity index (χ1) is 8.99. The fraction of sp³-hybridized carbons (Fsp3) is 0.500. The van der Waals surface area contributed by atoms with E-state index >= 15 is 0 Å². The maximum Gasteiger partial charge on any atom is 0.250 e. The lowest BCUT2D eigenvalue weighted by Gasteiger charge is -2.25. The molecule has 0 spiro atoms. The minimum absolute atomic E-state index is 0. The van der Waals surface area contributed by atoms with Gasteiger partial charge in [-0.2, -0.15) is 0 Å². The van der Waals surface area contributed by atoms with Crippen LogP contribution in [0.25, 0.3) is 0 Å². The van der Waals surface area contributed by atoms with Gasteiger partial charge in [0.2, 0.25) is 0 Å². The number of halogens is 2. The Bertz CT molecular complexity index is 406. The number of rotatable bonds is 6. The molecule has 3 N–H and O–H groups in total. The third-order valence-electron chi connectivity index (χ3n) is 2.98. The third-order valence-corrected chi connectivity index (χ3v) is 3.24. The molecule has 6 heteroatoms. The van der Waals surface area contributed by atoms with Gasteiger partial charge in [-0.25, -0.2) is 0 Å². The van der Waals surface area contributed by atoms with Crippen molar-refractivity contribution in [3.63, 3.8) is 0 Å². The largest absolute Gasteiger partial charge is 0.370 e. The van der Waals surface area contributed by atoms with Crippen LogP contribution in [0, 0.1) is 5.92 Å². The Morgan fingerprint density at radius 3 is 2.30 bits per heavy atom. The molecule has 0 aliphatic rings. The molecule has 1 aromatic rings. The third kappa shape index (κ3) is 5.29. The van der Waals surface area contributed by atoms with Crippen molar-refractivity contribution in [3.05, 3.63) is 34.9 Å². The molecule has 2 unspecified atom stereocenters. The Kier molecular flexibility index (Phi) is 8.81. The topological polar surface area (TPSA) is 64.3 Å². The molecule has 20 heavy (non-hydrogen) atoms. The zero-order valence-electron chi connectivity index (χ0n) is 11.9. The fourth-order valence-electron chi connectivity index (χ4n) is 1.86. The lowest BCUT2D eigenvalue weighted by molar-refractivity contribution is -0.131. The highest BCUT2D eigenvalue weighted by Crippen LogP contribution is 2.23. The Hall–Kier alpha value is -0.810. The summed E-state index contributed by atoms with van der Waals surface area (Å²) in [6.45, 7) is 4.25. The number of carbonyl (C=O) groups is 1. The highest BCUT2D eigenvalue weighted by Gasteiger charge is 2.23. The van der Waals surface area contributed by atoms with Crippen LogP contribution >= 0.6 is 24.0 Å². The van der Waals surface area contributed by atoms with Gasteiger partial charge in [0.15, 0.2) is 0 Å². The molecule has 0 aliphatic carbocycles. The molecule has 1 amide bonds. The van der Waals surface area contributed by atoms with Gasteiger partial charge in [-0.3, -0.25) is 4.79 Å². The van der Waals surface area contributed by atoms with Crippen molar-refractivity contribution >= 4 is 29.9 Å². The smallest absolute Gasteiger partial charge is 0.250 e. The maximum atomic E-state index is 12.0. The van der Waals surface area contributed by atoms with Gasteiger partial charge in [-0.05, 0) is 23.6 Å². The summed E-state index contributed by atoms with van der Waals surface area (Å²) < 4.78 is 5.04. The summed E-state index contributed by atoms with van der Waals surface area (Å²) >= 11 is 5.87. The molecular weight excluding hydrogens is 299 g/mol. The van der Waals surface area contributed by atoms with E-state index in [0.717, 1.165) is 5.56 Å².